The highest BCUT2D eigenvalue weighted by Crippen LogP contribution is 2.15. The van der Waals surface area contributed by atoms with Crippen molar-refractivity contribution in [3.63, 3.8) is 0 Å². The van der Waals surface area contributed by atoms with Gasteiger partial charge in [0.25, 0.3) is 11.8 Å². The molecule has 0 unspecified atom stereocenters. The highest BCUT2D eigenvalue weighted by atomic mass is 16.2. The van der Waals surface area contributed by atoms with Crippen LogP contribution in [-0.2, 0) is 6.54 Å². The number of benzene rings is 2. The van der Waals surface area contributed by atoms with Crippen LogP contribution in [0.3, 0.4) is 0 Å². The summed E-state index contributed by atoms with van der Waals surface area (Å²) in [6, 6.07) is 13.5. The number of nitrogens with one attached hydrogen (secondary N) is 4. The highest BCUT2D eigenvalue weighted by Gasteiger charge is 2.21. The van der Waals surface area contributed by atoms with E-state index in [4.69, 9.17) is 0 Å². The summed E-state index contributed by atoms with van der Waals surface area (Å²) in [6.07, 6.45) is 1.32. The Hall–Kier alpha value is -3.94. The van der Waals surface area contributed by atoms with Gasteiger partial charge in [0.1, 0.15) is 5.69 Å². The molecule has 2 aromatic heterocycles. The first-order valence-electron chi connectivity index (χ1n) is 9.15. The van der Waals surface area contributed by atoms with Crippen LogP contribution in [-0.4, -0.2) is 31.8 Å². The molecule has 0 radical (unpaired) electrons. The van der Waals surface area contributed by atoms with Gasteiger partial charge in [-0.2, -0.15) is 0 Å². The first-order valence-corrected chi connectivity index (χ1v) is 9.15. The van der Waals surface area contributed by atoms with E-state index in [1.807, 2.05) is 50.2 Å². The van der Waals surface area contributed by atoms with Gasteiger partial charge in [-0.05, 0) is 37.1 Å². The third kappa shape index (κ3) is 3.86. The van der Waals surface area contributed by atoms with Crippen molar-refractivity contribution in [3.8, 4) is 0 Å². The number of hydrogen-bond donors (Lipinski definition) is 4. The van der Waals surface area contributed by atoms with Crippen molar-refractivity contribution in [2.24, 2.45) is 0 Å². The van der Waals surface area contributed by atoms with Crippen molar-refractivity contribution in [3.05, 3.63) is 76.9 Å². The predicted molar refractivity (Wildman–Crippen MR) is 110 cm³/mol. The fourth-order valence-corrected chi connectivity index (χ4v) is 3.13. The minimum Gasteiger partial charge on any atom is -0.347 e. The molecule has 4 N–H and O–H groups in total. The van der Waals surface area contributed by atoms with Gasteiger partial charge in [-0.25, -0.2) is 9.97 Å². The van der Waals surface area contributed by atoms with Gasteiger partial charge in [0.2, 0.25) is 5.95 Å². The van der Waals surface area contributed by atoms with Crippen molar-refractivity contribution in [1.82, 2.24) is 25.3 Å². The second-order valence-electron chi connectivity index (χ2n) is 6.80. The third-order valence-electron chi connectivity index (χ3n) is 4.64. The number of carbonyl (C=O) groups is 2. The molecule has 2 aromatic carbocycles. The number of hydrogen-bond acceptors (Lipinski definition) is 4. The van der Waals surface area contributed by atoms with Gasteiger partial charge in [0.05, 0.1) is 17.4 Å². The second-order valence-corrected chi connectivity index (χ2v) is 6.80. The van der Waals surface area contributed by atoms with Crippen molar-refractivity contribution in [1.29, 1.82) is 0 Å². The second kappa shape index (κ2) is 7.59. The maximum atomic E-state index is 12.6. The molecule has 2 heterocycles. The van der Waals surface area contributed by atoms with Crippen LogP contribution >= 0.6 is 0 Å². The average molecular weight is 388 g/mol. The number of carbonyl (C=O) groups excluding carboxylic acids is 2. The molecule has 0 aliphatic carbocycles. The highest BCUT2D eigenvalue weighted by molar-refractivity contribution is 6.09. The van der Waals surface area contributed by atoms with Gasteiger partial charge >= 0.3 is 0 Å². The SMILES string of the molecule is Cc1ccc(CNC(=O)c2[nH]cnc2C(=O)Nc2nc3ccccc3[nH]2)c(C)c1. The number of H-pyrrole nitrogens is 2. The van der Waals surface area contributed by atoms with Crippen molar-refractivity contribution in [2.45, 2.75) is 20.4 Å². The lowest BCUT2D eigenvalue weighted by Crippen LogP contribution is -2.27. The summed E-state index contributed by atoms with van der Waals surface area (Å²) in [5, 5.41) is 5.48. The van der Waals surface area contributed by atoms with Gasteiger partial charge in [0, 0.05) is 6.54 Å². The standard InChI is InChI=1S/C21H20N6O2/c1-12-7-8-14(13(2)9-12)10-22-19(28)17-18(24-11-23-17)20(29)27-21-25-15-5-3-4-6-16(15)26-21/h3-9,11H,10H2,1-2H3,(H,22,28)(H,23,24)(H2,25,26,27,29). The molecule has 4 aromatic rings. The monoisotopic (exact) mass is 388 g/mol. The van der Waals surface area contributed by atoms with Gasteiger partial charge in [-0.3, -0.25) is 14.9 Å². The summed E-state index contributed by atoms with van der Waals surface area (Å²) in [6.45, 7) is 4.37. The van der Waals surface area contributed by atoms with Crippen LogP contribution in [0, 0.1) is 13.8 Å². The number of amides is 2. The minimum atomic E-state index is -0.526. The van der Waals surface area contributed by atoms with E-state index in [2.05, 4.69) is 36.6 Å². The van der Waals surface area contributed by atoms with Crippen LogP contribution in [0.5, 0.6) is 0 Å². The smallest absolute Gasteiger partial charge is 0.279 e. The van der Waals surface area contributed by atoms with E-state index >= 15 is 0 Å². The zero-order chi connectivity index (χ0) is 20.4. The largest absolute Gasteiger partial charge is 0.347 e. The number of para-hydroxylation sites is 2. The molecule has 29 heavy (non-hydrogen) atoms. The van der Waals surface area contributed by atoms with Crippen LogP contribution < -0.4 is 10.6 Å². The Morgan fingerprint density at radius 2 is 1.90 bits per heavy atom. The molecule has 0 aliphatic heterocycles. The summed E-state index contributed by atoms with van der Waals surface area (Å²) in [5.74, 6) is -0.639. The molecule has 8 nitrogen and oxygen atoms in total. The normalized spacial score (nSPS) is 10.8. The number of aromatic amines is 2. The summed E-state index contributed by atoms with van der Waals surface area (Å²) >= 11 is 0. The van der Waals surface area contributed by atoms with Gasteiger partial charge in [0.15, 0.2) is 5.69 Å². The molecular formula is C21H20N6O2. The lowest BCUT2D eigenvalue weighted by Gasteiger charge is -2.09. The Morgan fingerprint density at radius 1 is 1.07 bits per heavy atom. The summed E-state index contributed by atoms with van der Waals surface area (Å²) in [5.41, 5.74) is 4.91. The van der Waals surface area contributed by atoms with Crippen LogP contribution in [0.4, 0.5) is 5.95 Å². The molecule has 0 spiro atoms. The fourth-order valence-electron chi connectivity index (χ4n) is 3.13. The molecule has 0 saturated carbocycles. The van der Waals surface area contributed by atoms with E-state index in [0.717, 1.165) is 27.7 Å². The first kappa shape index (κ1) is 18.4. The maximum absolute atomic E-state index is 12.6. The van der Waals surface area contributed by atoms with E-state index in [1.165, 1.54) is 6.33 Å². The fraction of sp³-hybridized carbons (Fsp3) is 0.143. The maximum Gasteiger partial charge on any atom is 0.279 e. The van der Waals surface area contributed by atoms with Crippen LogP contribution in [0.15, 0.2) is 48.8 Å². The molecule has 0 atom stereocenters. The predicted octanol–water partition coefficient (Wildman–Crippen LogP) is 3.09. The number of aromatic nitrogens is 4. The lowest BCUT2D eigenvalue weighted by molar-refractivity contribution is 0.0933. The van der Waals surface area contributed by atoms with Crippen molar-refractivity contribution < 1.29 is 9.59 Å². The van der Waals surface area contributed by atoms with E-state index in [-0.39, 0.29) is 11.4 Å². The van der Waals surface area contributed by atoms with Gasteiger partial charge < -0.3 is 15.3 Å². The van der Waals surface area contributed by atoms with Crippen LogP contribution in [0.1, 0.15) is 37.7 Å². The topological polar surface area (TPSA) is 116 Å². The Bertz CT molecular complexity index is 1170. The summed E-state index contributed by atoms with van der Waals surface area (Å²) in [7, 11) is 0. The number of rotatable bonds is 5. The zero-order valence-corrected chi connectivity index (χ0v) is 16.0. The molecule has 0 saturated heterocycles. The molecule has 0 aliphatic rings. The molecule has 146 valence electrons. The molecule has 0 bridgehead atoms. The number of aryl methyl sites for hydroxylation is 2. The molecule has 4 rings (SSSR count). The van der Waals surface area contributed by atoms with E-state index in [1.54, 1.807) is 0 Å². The summed E-state index contributed by atoms with van der Waals surface area (Å²) in [4.78, 5) is 39.3. The molecule has 0 fully saturated rings. The van der Waals surface area contributed by atoms with E-state index < -0.39 is 11.8 Å². The van der Waals surface area contributed by atoms with Crippen LogP contribution in [0.2, 0.25) is 0 Å². The van der Waals surface area contributed by atoms with Crippen LogP contribution in [0.25, 0.3) is 11.0 Å². The number of fused-ring (bicyclic) bond motifs is 1. The number of anilines is 1. The Morgan fingerprint density at radius 3 is 2.69 bits per heavy atom. The summed E-state index contributed by atoms with van der Waals surface area (Å²) < 4.78 is 0. The minimum absolute atomic E-state index is 0.00332. The molecular weight excluding hydrogens is 368 g/mol. The number of imidazole rings is 2. The Balaban J connectivity index is 1.46. The molecule has 8 heteroatoms. The molecule has 2 amide bonds. The van der Waals surface area contributed by atoms with Gasteiger partial charge in [-0.1, -0.05) is 35.9 Å². The Kier molecular flexibility index (Phi) is 4.82. The lowest BCUT2D eigenvalue weighted by atomic mass is 10.1. The Labute approximate surface area is 166 Å². The van der Waals surface area contributed by atoms with Crippen molar-refractivity contribution in [2.75, 3.05) is 5.32 Å². The average Bonchev–Trinajstić information content (AvgIpc) is 3.33. The van der Waals surface area contributed by atoms with E-state index in [0.29, 0.717) is 12.5 Å². The third-order valence-corrected chi connectivity index (χ3v) is 4.64. The van der Waals surface area contributed by atoms with Crippen molar-refractivity contribution >= 4 is 28.8 Å². The first-order chi connectivity index (χ1) is 14.0. The quantitative estimate of drug-likeness (QED) is 0.420. The number of nitrogens with zero attached hydrogens (tertiary/aromatic N) is 2. The van der Waals surface area contributed by atoms with E-state index in [9.17, 15) is 9.59 Å². The zero-order valence-electron chi connectivity index (χ0n) is 16.0. The van der Waals surface area contributed by atoms with Gasteiger partial charge in [-0.15, -0.1) is 0 Å².